The van der Waals surface area contributed by atoms with Crippen LogP contribution in [0.2, 0.25) is 0 Å². The van der Waals surface area contributed by atoms with E-state index in [2.05, 4.69) is 31.0 Å². The van der Waals surface area contributed by atoms with Crippen LogP contribution in [0.25, 0.3) is 0 Å². The monoisotopic (exact) mass is 224 g/mol. The summed E-state index contributed by atoms with van der Waals surface area (Å²) < 4.78 is 0. The van der Waals surface area contributed by atoms with Gasteiger partial charge in [-0.25, -0.2) is 0 Å². The highest BCUT2D eigenvalue weighted by molar-refractivity contribution is 4.97. The largest absolute Gasteiger partial charge is 0.312 e. The third kappa shape index (κ3) is 2.78. The number of likely N-dealkylation sites (N-methyl/N-ethyl adjacent to an activating group) is 1. The zero-order chi connectivity index (χ0) is 11.6. The van der Waals surface area contributed by atoms with Gasteiger partial charge in [0.1, 0.15) is 0 Å². The van der Waals surface area contributed by atoms with Crippen molar-refractivity contribution in [2.75, 3.05) is 19.6 Å². The Kier molecular flexibility index (Phi) is 3.91. The molecule has 2 fully saturated rings. The molecule has 0 bridgehead atoms. The molecule has 16 heavy (non-hydrogen) atoms. The summed E-state index contributed by atoms with van der Waals surface area (Å²) in [4.78, 5) is 2.70. The zero-order valence-electron chi connectivity index (χ0n) is 11.3. The smallest absolute Gasteiger partial charge is 0.0306 e. The molecule has 2 rings (SSSR count). The molecule has 0 aromatic rings. The molecule has 2 heteroatoms. The Morgan fingerprint density at radius 2 is 1.88 bits per heavy atom. The van der Waals surface area contributed by atoms with Gasteiger partial charge in [-0.2, -0.15) is 0 Å². The van der Waals surface area contributed by atoms with Crippen molar-refractivity contribution in [2.45, 2.75) is 64.5 Å². The van der Waals surface area contributed by atoms with Gasteiger partial charge >= 0.3 is 0 Å². The van der Waals surface area contributed by atoms with Gasteiger partial charge in [-0.05, 0) is 58.7 Å². The van der Waals surface area contributed by atoms with E-state index in [9.17, 15) is 0 Å². The van der Waals surface area contributed by atoms with Crippen molar-refractivity contribution in [1.29, 1.82) is 0 Å². The second-order valence-corrected chi connectivity index (χ2v) is 6.14. The van der Waals surface area contributed by atoms with Crippen LogP contribution in [0.15, 0.2) is 0 Å². The van der Waals surface area contributed by atoms with Crippen molar-refractivity contribution in [2.24, 2.45) is 5.92 Å². The van der Waals surface area contributed by atoms with Crippen LogP contribution in [-0.4, -0.2) is 36.1 Å². The number of likely N-dealkylation sites (tertiary alicyclic amines) is 1. The summed E-state index contributed by atoms with van der Waals surface area (Å²) in [5, 5.41) is 3.73. The van der Waals surface area contributed by atoms with Crippen molar-refractivity contribution in [3.63, 3.8) is 0 Å². The van der Waals surface area contributed by atoms with Gasteiger partial charge in [0.25, 0.3) is 0 Å². The third-order valence-electron chi connectivity index (χ3n) is 4.49. The van der Waals surface area contributed by atoms with E-state index in [-0.39, 0.29) is 0 Å². The summed E-state index contributed by atoms with van der Waals surface area (Å²) in [6.45, 7) is 10.8. The maximum atomic E-state index is 3.73. The Morgan fingerprint density at radius 3 is 2.38 bits per heavy atom. The van der Waals surface area contributed by atoms with Gasteiger partial charge in [-0.3, -0.25) is 4.90 Å². The first-order valence-corrected chi connectivity index (χ1v) is 7.13. The van der Waals surface area contributed by atoms with Crippen LogP contribution in [0.3, 0.4) is 0 Å². The lowest BCUT2D eigenvalue weighted by molar-refractivity contribution is 0.100. The van der Waals surface area contributed by atoms with Gasteiger partial charge in [0.15, 0.2) is 0 Å². The minimum absolute atomic E-state index is 0.342. The summed E-state index contributed by atoms with van der Waals surface area (Å²) >= 11 is 0. The Hall–Kier alpha value is -0.0800. The van der Waals surface area contributed by atoms with Gasteiger partial charge in [0, 0.05) is 11.6 Å². The predicted octanol–water partition coefficient (Wildman–Crippen LogP) is 2.64. The van der Waals surface area contributed by atoms with Crippen molar-refractivity contribution in [1.82, 2.24) is 10.2 Å². The minimum atomic E-state index is 0.342. The number of nitrogens with zero attached hydrogens (tertiary/aromatic N) is 1. The molecule has 2 nitrogen and oxygen atoms in total. The number of hydrogen-bond acceptors (Lipinski definition) is 2. The van der Waals surface area contributed by atoms with Crippen molar-refractivity contribution >= 4 is 0 Å². The number of hydrogen-bond donors (Lipinski definition) is 1. The van der Waals surface area contributed by atoms with Crippen molar-refractivity contribution in [3.05, 3.63) is 0 Å². The van der Waals surface area contributed by atoms with Crippen molar-refractivity contribution in [3.8, 4) is 0 Å². The van der Waals surface area contributed by atoms with Crippen LogP contribution in [0.1, 0.15) is 52.9 Å². The second kappa shape index (κ2) is 5.05. The average molecular weight is 224 g/mol. The SMILES string of the molecule is CCNC(CC1CC1)C(C)(C)N1CCCC1. The number of rotatable bonds is 6. The molecule has 94 valence electrons. The lowest BCUT2D eigenvalue weighted by Crippen LogP contribution is -2.57. The molecule has 0 aromatic heterocycles. The van der Waals surface area contributed by atoms with Crippen LogP contribution >= 0.6 is 0 Å². The van der Waals surface area contributed by atoms with Crippen LogP contribution in [0.5, 0.6) is 0 Å². The molecule has 1 heterocycles. The summed E-state index contributed by atoms with van der Waals surface area (Å²) in [5.41, 5.74) is 0.342. The topological polar surface area (TPSA) is 15.3 Å². The first kappa shape index (κ1) is 12.4. The fourth-order valence-corrected chi connectivity index (χ4v) is 3.07. The van der Waals surface area contributed by atoms with E-state index < -0.39 is 0 Å². The van der Waals surface area contributed by atoms with E-state index in [1.165, 1.54) is 45.2 Å². The highest BCUT2D eigenvalue weighted by Crippen LogP contribution is 2.37. The molecule has 1 unspecified atom stereocenters. The summed E-state index contributed by atoms with van der Waals surface area (Å²) in [7, 11) is 0. The van der Waals surface area contributed by atoms with Gasteiger partial charge in [-0.15, -0.1) is 0 Å². The van der Waals surface area contributed by atoms with Crippen LogP contribution in [0.4, 0.5) is 0 Å². The molecule has 0 amide bonds. The van der Waals surface area contributed by atoms with E-state index in [0.717, 1.165) is 12.5 Å². The summed E-state index contributed by atoms with van der Waals surface area (Å²) in [6, 6.07) is 0.683. The molecule has 0 radical (unpaired) electrons. The highest BCUT2D eigenvalue weighted by Gasteiger charge is 2.39. The molecule has 1 N–H and O–H groups in total. The Labute approximate surface area is 101 Å². The second-order valence-electron chi connectivity index (χ2n) is 6.14. The molecule has 0 aromatic carbocycles. The van der Waals surface area contributed by atoms with Gasteiger partial charge in [0.2, 0.25) is 0 Å². The van der Waals surface area contributed by atoms with E-state index >= 15 is 0 Å². The fourth-order valence-electron chi connectivity index (χ4n) is 3.07. The quantitative estimate of drug-likeness (QED) is 0.746. The maximum Gasteiger partial charge on any atom is 0.0306 e. The summed E-state index contributed by atoms with van der Waals surface area (Å²) in [5.74, 6) is 1.02. The first-order valence-electron chi connectivity index (χ1n) is 7.13. The zero-order valence-corrected chi connectivity index (χ0v) is 11.3. The van der Waals surface area contributed by atoms with Crippen molar-refractivity contribution < 1.29 is 0 Å². The molecule has 1 saturated heterocycles. The number of nitrogens with one attached hydrogen (secondary N) is 1. The maximum absolute atomic E-state index is 3.73. The van der Waals surface area contributed by atoms with Crippen LogP contribution in [-0.2, 0) is 0 Å². The lowest BCUT2D eigenvalue weighted by Gasteiger charge is -2.43. The average Bonchev–Trinajstić information content (AvgIpc) is 2.89. The molecular formula is C14H28N2. The fraction of sp³-hybridized carbons (Fsp3) is 1.00. The Balaban J connectivity index is 1.96. The van der Waals surface area contributed by atoms with Gasteiger partial charge < -0.3 is 5.32 Å². The van der Waals surface area contributed by atoms with Crippen LogP contribution < -0.4 is 5.32 Å². The molecule has 1 atom stereocenters. The predicted molar refractivity (Wildman–Crippen MR) is 69.7 cm³/mol. The van der Waals surface area contributed by atoms with Crippen LogP contribution in [0, 0.1) is 5.92 Å². The Morgan fingerprint density at radius 1 is 1.25 bits per heavy atom. The highest BCUT2D eigenvalue weighted by atomic mass is 15.2. The standard InChI is InChI=1S/C14H28N2/c1-4-15-13(11-12-7-8-12)14(2,3)16-9-5-6-10-16/h12-13,15H,4-11H2,1-3H3. The molecular weight excluding hydrogens is 196 g/mol. The van der Waals surface area contributed by atoms with E-state index in [1.54, 1.807) is 0 Å². The Bertz CT molecular complexity index is 215. The molecule has 1 saturated carbocycles. The molecule has 0 spiro atoms. The van der Waals surface area contributed by atoms with Gasteiger partial charge in [-0.1, -0.05) is 19.8 Å². The normalized spacial score (nSPS) is 24.9. The first-order chi connectivity index (χ1) is 7.64. The van der Waals surface area contributed by atoms with E-state index in [1.807, 2.05) is 0 Å². The minimum Gasteiger partial charge on any atom is -0.312 e. The summed E-state index contributed by atoms with van der Waals surface area (Å²) in [6.07, 6.45) is 7.12. The van der Waals surface area contributed by atoms with Gasteiger partial charge in [0.05, 0.1) is 0 Å². The molecule has 1 aliphatic carbocycles. The van der Waals surface area contributed by atoms with E-state index in [4.69, 9.17) is 0 Å². The lowest BCUT2D eigenvalue weighted by atomic mass is 9.88. The molecule has 2 aliphatic rings. The molecule has 1 aliphatic heterocycles. The van der Waals surface area contributed by atoms with E-state index in [0.29, 0.717) is 11.6 Å². The third-order valence-corrected chi connectivity index (χ3v) is 4.49.